The summed E-state index contributed by atoms with van der Waals surface area (Å²) in [5.74, 6) is 0. The van der Waals surface area contributed by atoms with E-state index in [4.69, 9.17) is 16.3 Å². The summed E-state index contributed by atoms with van der Waals surface area (Å²) in [4.78, 5) is 0. The van der Waals surface area contributed by atoms with Gasteiger partial charge in [0.25, 0.3) is 0 Å². The number of halogens is 1. The molecule has 1 aromatic carbocycles. The van der Waals surface area contributed by atoms with Crippen molar-refractivity contribution >= 4 is 11.6 Å². The fourth-order valence-corrected chi connectivity index (χ4v) is 2.37. The van der Waals surface area contributed by atoms with Crippen LogP contribution in [0, 0.1) is 0 Å². The molecule has 0 radical (unpaired) electrons. The Hall–Kier alpha value is -0.530. The first-order valence-corrected chi connectivity index (χ1v) is 5.49. The van der Waals surface area contributed by atoms with Crippen LogP contribution in [-0.2, 0) is 11.2 Å². The van der Waals surface area contributed by atoms with Gasteiger partial charge in [-0.15, -0.1) is 0 Å². The zero-order valence-corrected chi connectivity index (χ0v) is 9.34. The van der Waals surface area contributed by atoms with Gasteiger partial charge in [-0.1, -0.05) is 23.7 Å². The molecule has 1 aliphatic carbocycles. The molecule has 0 heterocycles. The number of hydrogen-bond donors (Lipinski definition) is 0. The number of rotatable bonds is 2. The van der Waals surface area contributed by atoms with Gasteiger partial charge in [-0.3, -0.25) is 0 Å². The summed E-state index contributed by atoms with van der Waals surface area (Å²) >= 11 is 6.17. The number of benzene rings is 1. The third-order valence-electron chi connectivity index (χ3n) is 2.58. The largest absolute Gasteiger partial charge is 0.371 e. The molecule has 2 rings (SSSR count). The van der Waals surface area contributed by atoms with E-state index in [1.807, 2.05) is 12.1 Å². The predicted molar refractivity (Wildman–Crippen MR) is 58.7 cm³/mol. The van der Waals surface area contributed by atoms with E-state index in [0.717, 1.165) is 17.9 Å². The minimum atomic E-state index is 0.207. The first kappa shape index (κ1) is 10.0. The van der Waals surface area contributed by atoms with Gasteiger partial charge in [0.15, 0.2) is 0 Å². The van der Waals surface area contributed by atoms with Crippen molar-refractivity contribution in [1.29, 1.82) is 0 Å². The Bertz CT molecular complexity index is 333. The van der Waals surface area contributed by atoms with Gasteiger partial charge in [-0.2, -0.15) is 0 Å². The van der Waals surface area contributed by atoms with E-state index in [0.29, 0.717) is 0 Å². The van der Waals surface area contributed by atoms with Crippen LogP contribution in [0.2, 0.25) is 5.02 Å². The number of ether oxygens (including phenoxy) is 1. The normalized spacial score (nSPS) is 20.1. The molecule has 1 nitrogen and oxygen atoms in total. The van der Waals surface area contributed by atoms with Crippen molar-refractivity contribution in [2.75, 3.05) is 0 Å². The summed E-state index contributed by atoms with van der Waals surface area (Å²) in [5.41, 5.74) is 2.56. The molecule has 1 aromatic rings. The zero-order chi connectivity index (χ0) is 10.1. The molecule has 1 atom stereocenters. The summed E-state index contributed by atoms with van der Waals surface area (Å²) in [6.45, 7) is 4.13. The quantitative estimate of drug-likeness (QED) is 0.723. The van der Waals surface area contributed by atoms with Gasteiger partial charge in [0.05, 0.1) is 12.2 Å². The Morgan fingerprint density at radius 3 is 2.93 bits per heavy atom. The van der Waals surface area contributed by atoms with Crippen molar-refractivity contribution in [3.8, 4) is 0 Å². The molecular weight excluding hydrogens is 196 g/mol. The average Bonchev–Trinajstić information content (AvgIpc) is 2.49. The summed E-state index contributed by atoms with van der Waals surface area (Å²) < 4.78 is 5.83. The highest BCUT2D eigenvalue weighted by Gasteiger charge is 2.25. The van der Waals surface area contributed by atoms with Crippen molar-refractivity contribution in [2.24, 2.45) is 0 Å². The lowest BCUT2D eigenvalue weighted by atomic mass is 10.1. The Labute approximate surface area is 90.0 Å². The molecule has 14 heavy (non-hydrogen) atoms. The SMILES string of the molecule is CC(C)OC1CCc2cccc(Cl)c21. The van der Waals surface area contributed by atoms with Crippen LogP contribution in [0.4, 0.5) is 0 Å². The minimum Gasteiger partial charge on any atom is -0.371 e. The number of fused-ring (bicyclic) bond motifs is 1. The van der Waals surface area contributed by atoms with E-state index in [-0.39, 0.29) is 12.2 Å². The fraction of sp³-hybridized carbons (Fsp3) is 0.500. The molecule has 2 heteroatoms. The van der Waals surface area contributed by atoms with Gasteiger partial charge in [0.1, 0.15) is 0 Å². The second-order valence-electron chi connectivity index (χ2n) is 4.02. The van der Waals surface area contributed by atoms with E-state index >= 15 is 0 Å². The fourth-order valence-electron chi connectivity index (χ4n) is 2.06. The molecule has 0 aliphatic heterocycles. The maximum absolute atomic E-state index is 6.17. The zero-order valence-electron chi connectivity index (χ0n) is 8.59. The van der Waals surface area contributed by atoms with Crippen molar-refractivity contribution in [3.05, 3.63) is 34.3 Å². The highest BCUT2D eigenvalue weighted by atomic mass is 35.5. The van der Waals surface area contributed by atoms with Gasteiger partial charge in [0.2, 0.25) is 0 Å². The Kier molecular flexibility index (Phi) is 2.80. The smallest absolute Gasteiger partial charge is 0.0848 e. The van der Waals surface area contributed by atoms with E-state index in [9.17, 15) is 0 Å². The Balaban J connectivity index is 2.29. The van der Waals surface area contributed by atoms with Gasteiger partial charge in [-0.25, -0.2) is 0 Å². The third kappa shape index (κ3) is 1.79. The monoisotopic (exact) mass is 210 g/mol. The van der Waals surface area contributed by atoms with Crippen LogP contribution in [-0.4, -0.2) is 6.10 Å². The molecule has 0 N–H and O–H groups in total. The second kappa shape index (κ2) is 3.92. The Morgan fingerprint density at radius 1 is 1.43 bits per heavy atom. The molecule has 0 saturated carbocycles. The second-order valence-corrected chi connectivity index (χ2v) is 4.43. The molecule has 0 spiro atoms. The van der Waals surface area contributed by atoms with Gasteiger partial charge in [-0.05, 0) is 38.3 Å². The first-order valence-electron chi connectivity index (χ1n) is 5.11. The van der Waals surface area contributed by atoms with Crippen LogP contribution in [0.15, 0.2) is 18.2 Å². The van der Waals surface area contributed by atoms with Crippen LogP contribution in [0.3, 0.4) is 0 Å². The minimum absolute atomic E-state index is 0.207. The molecule has 0 amide bonds. The van der Waals surface area contributed by atoms with Crippen LogP contribution in [0.5, 0.6) is 0 Å². The van der Waals surface area contributed by atoms with E-state index in [1.165, 1.54) is 11.1 Å². The highest BCUT2D eigenvalue weighted by molar-refractivity contribution is 6.31. The molecule has 0 bridgehead atoms. The molecule has 0 aromatic heterocycles. The van der Waals surface area contributed by atoms with Crippen molar-refractivity contribution in [1.82, 2.24) is 0 Å². The van der Waals surface area contributed by atoms with Gasteiger partial charge in [0, 0.05) is 10.6 Å². The molecule has 0 fully saturated rings. The third-order valence-corrected chi connectivity index (χ3v) is 2.91. The topological polar surface area (TPSA) is 9.23 Å². The number of aryl methyl sites for hydroxylation is 1. The van der Waals surface area contributed by atoms with E-state index < -0.39 is 0 Å². The predicted octanol–water partition coefficient (Wildman–Crippen LogP) is 3.75. The first-order chi connectivity index (χ1) is 6.68. The van der Waals surface area contributed by atoms with Gasteiger partial charge >= 0.3 is 0 Å². The average molecular weight is 211 g/mol. The summed E-state index contributed by atoms with van der Waals surface area (Å²) in [6.07, 6.45) is 2.63. The van der Waals surface area contributed by atoms with Crippen molar-refractivity contribution < 1.29 is 4.74 Å². The highest BCUT2D eigenvalue weighted by Crippen LogP contribution is 2.39. The molecule has 1 unspecified atom stereocenters. The summed E-state index contributed by atoms with van der Waals surface area (Å²) in [5, 5.41) is 0.852. The maximum atomic E-state index is 6.17. The molecule has 0 saturated heterocycles. The molecule has 1 aliphatic rings. The van der Waals surface area contributed by atoms with Crippen LogP contribution in [0.1, 0.15) is 37.5 Å². The standard InChI is InChI=1S/C12H15ClO/c1-8(2)14-11-7-6-9-4-3-5-10(13)12(9)11/h3-5,8,11H,6-7H2,1-2H3. The van der Waals surface area contributed by atoms with Crippen molar-refractivity contribution in [3.63, 3.8) is 0 Å². The summed E-state index contributed by atoms with van der Waals surface area (Å²) in [6, 6.07) is 6.10. The number of hydrogen-bond acceptors (Lipinski definition) is 1. The molecular formula is C12H15ClO. The lowest BCUT2D eigenvalue weighted by Gasteiger charge is -2.17. The Morgan fingerprint density at radius 2 is 2.21 bits per heavy atom. The van der Waals surface area contributed by atoms with Gasteiger partial charge < -0.3 is 4.74 Å². The van der Waals surface area contributed by atoms with Crippen molar-refractivity contribution in [2.45, 2.75) is 38.9 Å². The van der Waals surface area contributed by atoms with Crippen LogP contribution < -0.4 is 0 Å². The van der Waals surface area contributed by atoms with E-state index in [2.05, 4.69) is 19.9 Å². The van der Waals surface area contributed by atoms with Crippen LogP contribution >= 0.6 is 11.6 Å². The van der Waals surface area contributed by atoms with Crippen LogP contribution in [0.25, 0.3) is 0 Å². The molecule has 76 valence electrons. The van der Waals surface area contributed by atoms with E-state index in [1.54, 1.807) is 0 Å². The lowest BCUT2D eigenvalue weighted by molar-refractivity contribution is 0.00796. The summed E-state index contributed by atoms with van der Waals surface area (Å²) in [7, 11) is 0. The maximum Gasteiger partial charge on any atom is 0.0848 e. The lowest BCUT2D eigenvalue weighted by Crippen LogP contribution is -2.08.